The zero-order valence-corrected chi connectivity index (χ0v) is 14.9. The number of nitrogens with zero attached hydrogens (tertiary/aromatic N) is 1. The fourth-order valence-electron chi connectivity index (χ4n) is 5.32. The molecule has 126 valence electrons. The lowest BCUT2D eigenvalue weighted by Crippen LogP contribution is -2.08. The van der Waals surface area contributed by atoms with Crippen molar-refractivity contribution in [2.75, 3.05) is 0 Å². The molecular weight excluding hydrogens is 326 g/mol. The summed E-state index contributed by atoms with van der Waals surface area (Å²) in [5, 5.41) is 2.77. The maximum Gasteiger partial charge on any atom is 0.0582 e. The van der Waals surface area contributed by atoms with Gasteiger partial charge in [-0.2, -0.15) is 0 Å². The minimum Gasteiger partial charge on any atom is -0.308 e. The first kappa shape index (κ1) is 13.8. The molecule has 1 aliphatic heterocycles. The van der Waals surface area contributed by atoms with Gasteiger partial charge in [-0.15, -0.1) is 0 Å². The van der Waals surface area contributed by atoms with Gasteiger partial charge < -0.3 is 4.57 Å². The molecule has 1 heteroatoms. The Bertz CT molecular complexity index is 1420. The summed E-state index contributed by atoms with van der Waals surface area (Å²) >= 11 is 0. The van der Waals surface area contributed by atoms with Gasteiger partial charge in [-0.25, -0.2) is 0 Å². The summed E-state index contributed by atoms with van der Waals surface area (Å²) in [6.45, 7) is 0. The Hall–Kier alpha value is -3.32. The van der Waals surface area contributed by atoms with E-state index in [1.165, 1.54) is 60.9 Å². The lowest BCUT2D eigenvalue weighted by atomic mass is 9.97. The fourth-order valence-corrected chi connectivity index (χ4v) is 5.32. The summed E-state index contributed by atoms with van der Waals surface area (Å²) in [6, 6.07) is 29.2. The predicted molar refractivity (Wildman–Crippen MR) is 112 cm³/mol. The highest BCUT2D eigenvalue weighted by atomic mass is 15.0. The van der Waals surface area contributed by atoms with Crippen molar-refractivity contribution in [1.29, 1.82) is 0 Å². The van der Waals surface area contributed by atoms with Crippen LogP contribution in [0.1, 0.15) is 22.3 Å². The molecule has 2 aliphatic rings. The molecule has 0 amide bonds. The number of hydrogen-bond acceptors (Lipinski definition) is 0. The van der Waals surface area contributed by atoms with Crippen LogP contribution in [0, 0.1) is 0 Å². The van der Waals surface area contributed by atoms with Crippen LogP contribution in [-0.4, -0.2) is 4.57 Å². The van der Waals surface area contributed by atoms with Gasteiger partial charge in [0.15, 0.2) is 0 Å². The van der Waals surface area contributed by atoms with Crippen LogP contribution in [0.15, 0.2) is 78.9 Å². The van der Waals surface area contributed by atoms with E-state index in [0.717, 1.165) is 12.8 Å². The summed E-state index contributed by atoms with van der Waals surface area (Å²) < 4.78 is 2.55. The quantitative estimate of drug-likeness (QED) is 0.306. The minimum absolute atomic E-state index is 1.02. The first-order valence-corrected chi connectivity index (χ1v) is 9.64. The Balaban J connectivity index is 1.72. The smallest absolute Gasteiger partial charge is 0.0582 e. The van der Waals surface area contributed by atoms with Gasteiger partial charge >= 0.3 is 0 Å². The highest BCUT2D eigenvalue weighted by Crippen LogP contribution is 2.46. The minimum atomic E-state index is 1.02. The van der Waals surface area contributed by atoms with Gasteiger partial charge in [-0.05, 0) is 39.4 Å². The Morgan fingerprint density at radius 1 is 0.519 bits per heavy atom. The molecule has 0 unspecified atom stereocenters. The van der Waals surface area contributed by atoms with Crippen LogP contribution in [0.5, 0.6) is 0 Å². The largest absolute Gasteiger partial charge is 0.308 e. The van der Waals surface area contributed by atoms with E-state index in [4.69, 9.17) is 0 Å². The topological polar surface area (TPSA) is 4.93 Å². The summed E-state index contributed by atoms with van der Waals surface area (Å²) in [4.78, 5) is 0. The molecule has 0 radical (unpaired) electrons. The van der Waals surface area contributed by atoms with E-state index in [-0.39, 0.29) is 0 Å². The van der Waals surface area contributed by atoms with Crippen LogP contribution in [0.4, 0.5) is 0 Å². The number of aromatic nitrogens is 1. The Morgan fingerprint density at radius 2 is 1.30 bits per heavy atom. The van der Waals surface area contributed by atoms with E-state index in [9.17, 15) is 0 Å². The van der Waals surface area contributed by atoms with Crippen LogP contribution < -0.4 is 0 Å². The van der Waals surface area contributed by atoms with Crippen LogP contribution in [0.3, 0.4) is 0 Å². The summed E-state index contributed by atoms with van der Waals surface area (Å²) in [5.74, 6) is 0. The third-order valence-electron chi connectivity index (χ3n) is 6.43. The molecule has 1 nitrogen and oxygen atoms in total. The first-order valence-electron chi connectivity index (χ1n) is 9.64. The summed E-state index contributed by atoms with van der Waals surface area (Å²) in [6.07, 6.45) is 2.04. The molecule has 7 rings (SSSR count). The summed E-state index contributed by atoms with van der Waals surface area (Å²) in [7, 11) is 0. The van der Waals surface area contributed by atoms with E-state index in [1.54, 1.807) is 0 Å². The average molecular weight is 343 g/mol. The van der Waals surface area contributed by atoms with Gasteiger partial charge in [0.2, 0.25) is 0 Å². The standard InChI is InChI=1S/C26H17N/c1-3-9-19-16(6-1)15-23-20(19)12-13-22-21-10-5-8-18-14-17-7-2-4-11-24(17)27(25(18)21)26(22)23/h1-13H,14-15H2. The van der Waals surface area contributed by atoms with Crippen molar-refractivity contribution in [1.82, 2.24) is 4.57 Å². The number of fused-ring (bicyclic) bond motifs is 9. The lowest BCUT2D eigenvalue weighted by molar-refractivity contribution is 1.04. The molecule has 0 atom stereocenters. The molecule has 1 aliphatic carbocycles. The van der Waals surface area contributed by atoms with Crippen LogP contribution >= 0.6 is 0 Å². The highest BCUT2D eigenvalue weighted by Gasteiger charge is 2.27. The second kappa shape index (κ2) is 4.69. The zero-order valence-electron chi connectivity index (χ0n) is 14.9. The molecule has 0 fully saturated rings. The Kier molecular flexibility index (Phi) is 2.40. The average Bonchev–Trinajstić information content (AvgIpc) is 3.26. The molecule has 5 aromatic rings. The molecule has 4 aromatic carbocycles. The molecule has 0 saturated carbocycles. The van der Waals surface area contributed by atoms with Crippen molar-refractivity contribution < 1.29 is 0 Å². The highest BCUT2D eigenvalue weighted by molar-refractivity contribution is 6.13. The second-order valence-corrected chi connectivity index (χ2v) is 7.78. The first-order chi connectivity index (χ1) is 13.4. The van der Waals surface area contributed by atoms with Gasteiger partial charge in [0, 0.05) is 29.3 Å². The van der Waals surface area contributed by atoms with Gasteiger partial charge in [-0.3, -0.25) is 0 Å². The van der Waals surface area contributed by atoms with Crippen LogP contribution in [-0.2, 0) is 12.8 Å². The maximum absolute atomic E-state index is 2.55. The fraction of sp³-hybridized carbons (Fsp3) is 0.0769. The zero-order chi connectivity index (χ0) is 17.5. The van der Waals surface area contributed by atoms with Gasteiger partial charge in [0.1, 0.15) is 0 Å². The molecule has 0 spiro atoms. The molecule has 0 bridgehead atoms. The van der Waals surface area contributed by atoms with Crippen molar-refractivity contribution in [2.24, 2.45) is 0 Å². The second-order valence-electron chi connectivity index (χ2n) is 7.78. The van der Waals surface area contributed by atoms with Crippen LogP contribution in [0.2, 0.25) is 0 Å². The van der Waals surface area contributed by atoms with E-state index >= 15 is 0 Å². The number of rotatable bonds is 0. The third-order valence-corrected chi connectivity index (χ3v) is 6.43. The normalized spacial score (nSPS) is 13.6. The Labute approximate surface area is 157 Å². The molecule has 27 heavy (non-hydrogen) atoms. The van der Waals surface area contributed by atoms with Crippen molar-refractivity contribution in [3.05, 3.63) is 101 Å². The molecule has 0 saturated heterocycles. The monoisotopic (exact) mass is 343 g/mol. The van der Waals surface area contributed by atoms with Gasteiger partial charge in [0.25, 0.3) is 0 Å². The van der Waals surface area contributed by atoms with Crippen molar-refractivity contribution in [2.45, 2.75) is 12.8 Å². The van der Waals surface area contributed by atoms with E-state index in [1.807, 2.05) is 0 Å². The lowest BCUT2D eigenvalue weighted by Gasteiger charge is -2.21. The van der Waals surface area contributed by atoms with E-state index in [2.05, 4.69) is 83.4 Å². The molecule has 1 aromatic heterocycles. The summed E-state index contributed by atoms with van der Waals surface area (Å²) in [5.41, 5.74) is 12.7. The van der Waals surface area contributed by atoms with Crippen molar-refractivity contribution >= 4 is 21.8 Å². The van der Waals surface area contributed by atoms with Gasteiger partial charge in [0.05, 0.1) is 11.0 Å². The SMILES string of the molecule is c1ccc2c(c1)Cc1c-2ccc2c3cccc4c3n(c12)-c1ccccc1C4. The maximum atomic E-state index is 2.55. The van der Waals surface area contributed by atoms with E-state index < -0.39 is 0 Å². The van der Waals surface area contributed by atoms with E-state index in [0.29, 0.717) is 0 Å². The molecule has 2 heterocycles. The third kappa shape index (κ3) is 1.61. The molecule has 0 N–H and O–H groups in total. The predicted octanol–water partition coefficient (Wildman–Crippen LogP) is 6.26. The van der Waals surface area contributed by atoms with Crippen LogP contribution in [0.25, 0.3) is 38.6 Å². The molecular formula is C26H17N. The van der Waals surface area contributed by atoms with Crippen molar-refractivity contribution in [3.63, 3.8) is 0 Å². The van der Waals surface area contributed by atoms with Crippen molar-refractivity contribution in [3.8, 4) is 16.8 Å². The van der Waals surface area contributed by atoms with Gasteiger partial charge in [-0.1, -0.05) is 72.8 Å². The number of benzene rings is 4. The Morgan fingerprint density at radius 3 is 2.26 bits per heavy atom. The number of hydrogen-bond donors (Lipinski definition) is 0. The number of para-hydroxylation sites is 2.